The van der Waals surface area contributed by atoms with E-state index >= 15 is 0 Å². The number of amides is 1. The van der Waals surface area contributed by atoms with Gasteiger partial charge < -0.3 is 10.6 Å². The number of aromatic nitrogens is 2. The molecule has 1 amide bonds. The molecular formula is C19H15N5O. The fourth-order valence-electron chi connectivity index (χ4n) is 2.24. The van der Waals surface area contributed by atoms with Gasteiger partial charge in [-0.2, -0.15) is 5.26 Å². The van der Waals surface area contributed by atoms with E-state index in [1.165, 1.54) is 12.4 Å². The monoisotopic (exact) mass is 329 g/mol. The van der Waals surface area contributed by atoms with Crippen LogP contribution in [0.2, 0.25) is 0 Å². The quantitative estimate of drug-likeness (QED) is 0.762. The summed E-state index contributed by atoms with van der Waals surface area (Å²) in [6.45, 7) is 2.01. The fourth-order valence-corrected chi connectivity index (χ4v) is 2.24. The zero-order chi connectivity index (χ0) is 17.6. The molecule has 3 aromatic rings. The lowest BCUT2D eigenvalue weighted by atomic mass is 10.2. The number of rotatable bonds is 4. The molecule has 0 fully saturated rings. The highest BCUT2D eigenvalue weighted by Gasteiger charge is 2.09. The third-order valence-electron chi connectivity index (χ3n) is 3.42. The van der Waals surface area contributed by atoms with Gasteiger partial charge in [-0.25, -0.2) is 9.97 Å². The smallest absolute Gasteiger partial charge is 0.275 e. The minimum absolute atomic E-state index is 0.192. The van der Waals surface area contributed by atoms with E-state index in [4.69, 9.17) is 5.26 Å². The number of anilines is 3. The molecule has 1 aromatic heterocycles. The first-order valence-electron chi connectivity index (χ1n) is 7.61. The van der Waals surface area contributed by atoms with Crippen LogP contribution < -0.4 is 10.6 Å². The molecule has 0 saturated heterocycles. The number of nitriles is 1. The number of nitrogens with zero attached hydrogens (tertiary/aromatic N) is 3. The number of hydrogen-bond donors (Lipinski definition) is 2. The number of carbonyl (C=O) groups is 1. The van der Waals surface area contributed by atoms with E-state index in [1.807, 2.05) is 37.3 Å². The lowest BCUT2D eigenvalue weighted by Gasteiger charge is -2.07. The molecule has 0 spiro atoms. The molecule has 2 N–H and O–H groups in total. The highest BCUT2D eigenvalue weighted by Crippen LogP contribution is 2.15. The molecule has 25 heavy (non-hydrogen) atoms. The molecule has 0 saturated carbocycles. The average Bonchev–Trinajstić information content (AvgIpc) is 2.62. The molecule has 0 aliphatic heterocycles. The van der Waals surface area contributed by atoms with Crippen molar-refractivity contribution in [2.24, 2.45) is 0 Å². The van der Waals surface area contributed by atoms with Crippen LogP contribution in [0.3, 0.4) is 0 Å². The van der Waals surface area contributed by atoms with Gasteiger partial charge in [0.25, 0.3) is 5.91 Å². The Kier molecular flexibility index (Phi) is 4.67. The zero-order valence-corrected chi connectivity index (χ0v) is 13.5. The van der Waals surface area contributed by atoms with Crippen LogP contribution in [0, 0.1) is 18.3 Å². The Hall–Kier alpha value is -3.72. The summed E-state index contributed by atoms with van der Waals surface area (Å²) in [5, 5.41) is 14.7. The summed E-state index contributed by atoms with van der Waals surface area (Å²) in [4.78, 5) is 20.6. The Bertz CT molecular complexity index is 945. The summed E-state index contributed by atoms with van der Waals surface area (Å²) >= 11 is 0. The number of carbonyl (C=O) groups excluding carboxylic acids is 1. The van der Waals surface area contributed by atoms with Crippen molar-refractivity contribution >= 4 is 23.1 Å². The maximum atomic E-state index is 12.2. The average molecular weight is 329 g/mol. The molecule has 0 aliphatic carbocycles. The van der Waals surface area contributed by atoms with Crippen molar-refractivity contribution in [3.05, 3.63) is 77.7 Å². The van der Waals surface area contributed by atoms with Gasteiger partial charge in [0.1, 0.15) is 11.5 Å². The van der Waals surface area contributed by atoms with Crippen molar-refractivity contribution in [1.29, 1.82) is 5.26 Å². The third kappa shape index (κ3) is 4.18. The van der Waals surface area contributed by atoms with Gasteiger partial charge in [-0.1, -0.05) is 18.2 Å². The van der Waals surface area contributed by atoms with Gasteiger partial charge in [0.2, 0.25) is 0 Å². The Morgan fingerprint density at radius 2 is 1.84 bits per heavy atom. The minimum atomic E-state index is -0.385. The summed E-state index contributed by atoms with van der Waals surface area (Å²) in [6, 6.07) is 16.6. The van der Waals surface area contributed by atoms with Crippen LogP contribution >= 0.6 is 0 Å². The summed E-state index contributed by atoms with van der Waals surface area (Å²) in [5.41, 5.74) is 3.24. The van der Waals surface area contributed by atoms with E-state index in [0.29, 0.717) is 17.1 Å². The van der Waals surface area contributed by atoms with E-state index in [2.05, 4.69) is 20.6 Å². The highest BCUT2D eigenvalue weighted by molar-refractivity contribution is 6.02. The summed E-state index contributed by atoms with van der Waals surface area (Å²) in [7, 11) is 0. The topological polar surface area (TPSA) is 90.7 Å². The molecule has 0 aliphatic rings. The second kappa shape index (κ2) is 7.23. The van der Waals surface area contributed by atoms with Gasteiger partial charge >= 0.3 is 0 Å². The number of aryl methyl sites for hydroxylation is 1. The molecule has 0 radical (unpaired) electrons. The molecule has 0 atom stereocenters. The van der Waals surface area contributed by atoms with Gasteiger partial charge in [0.05, 0.1) is 24.0 Å². The summed E-state index contributed by atoms with van der Waals surface area (Å²) in [5.74, 6) is 0.165. The molecule has 2 aromatic carbocycles. The maximum Gasteiger partial charge on any atom is 0.275 e. The van der Waals surface area contributed by atoms with E-state index in [-0.39, 0.29) is 11.6 Å². The summed E-state index contributed by atoms with van der Waals surface area (Å²) < 4.78 is 0. The predicted octanol–water partition coefficient (Wildman–Crippen LogP) is 3.65. The van der Waals surface area contributed by atoms with Crippen LogP contribution in [-0.2, 0) is 0 Å². The molecule has 6 nitrogen and oxygen atoms in total. The molecule has 6 heteroatoms. The van der Waals surface area contributed by atoms with Gasteiger partial charge in [0, 0.05) is 11.4 Å². The van der Waals surface area contributed by atoms with Crippen molar-refractivity contribution in [2.75, 3.05) is 10.6 Å². The first-order chi connectivity index (χ1) is 12.1. The number of benzene rings is 2. The van der Waals surface area contributed by atoms with Crippen LogP contribution in [-0.4, -0.2) is 15.9 Å². The molecule has 3 rings (SSSR count). The van der Waals surface area contributed by atoms with Crippen LogP contribution in [0.5, 0.6) is 0 Å². The molecule has 0 bridgehead atoms. The Labute approximate surface area is 145 Å². The van der Waals surface area contributed by atoms with Crippen LogP contribution in [0.25, 0.3) is 0 Å². The molecular weight excluding hydrogens is 314 g/mol. The van der Waals surface area contributed by atoms with Crippen molar-refractivity contribution in [3.63, 3.8) is 0 Å². The van der Waals surface area contributed by atoms with Crippen molar-refractivity contribution in [1.82, 2.24) is 9.97 Å². The standard InChI is InChI=1S/C19H15N5O/c1-13-4-2-6-15(8-13)23-18-12-21-17(11-22-18)19(25)24-16-7-3-5-14(9-16)10-20/h2-9,11-12H,1H3,(H,22,23)(H,24,25). The van der Waals surface area contributed by atoms with Crippen LogP contribution in [0.15, 0.2) is 60.9 Å². The Balaban J connectivity index is 1.69. The van der Waals surface area contributed by atoms with Crippen molar-refractivity contribution in [2.45, 2.75) is 6.92 Å². The van der Waals surface area contributed by atoms with Gasteiger partial charge in [-0.15, -0.1) is 0 Å². The van der Waals surface area contributed by atoms with E-state index in [0.717, 1.165) is 11.3 Å². The van der Waals surface area contributed by atoms with Crippen LogP contribution in [0.4, 0.5) is 17.2 Å². The van der Waals surface area contributed by atoms with Crippen molar-refractivity contribution < 1.29 is 4.79 Å². The van der Waals surface area contributed by atoms with Gasteiger partial charge in [-0.05, 0) is 42.8 Å². The van der Waals surface area contributed by atoms with Gasteiger partial charge in [-0.3, -0.25) is 4.79 Å². The largest absolute Gasteiger partial charge is 0.339 e. The second-order valence-corrected chi connectivity index (χ2v) is 5.43. The highest BCUT2D eigenvalue weighted by atomic mass is 16.1. The molecule has 1 heterocycles. The lowest BCUT2D eigenvalue weighted by Crippen LogP contribution is -2.14. The zero-order valence-electron chi connectivity index (χ0n) is 13.5. The lowest BCUT2D eigenvalue weighted by molar-refractivity contribution is 0.102. The third-order valence-corrected chi connectivity index (χ3v) is 3.42. The van der Waals surface area contributed by atoms with E-state index in [1.54, 1.807) is 24.3 Å². The predicted molar refractivity (Wildman–Crippen MR) is 95.6 cm³/mol. The summed E-state index contributed by atoms with van der Waals surface area (Å²) in [6.07, 6.45) is 2.91. The second-order valence-electron chi connectivity index (χ2n) is 5.43. The molecule has 0 unspecified atom stereocenters. The Morgan fingerprint density at radius 1 is 1.04 bits per heavy atom. The normalized spacial score (nSPS) is 9.92. The van der Waals surface area contributed by atoms with Crippen molar-refractivity contribution in [3.8, 4) is 6.07 Å². The number of hydrogen-bond acceptors (Lipinski definition) is 5. The number of nitrogens with one attached hydrogen (secondary N) is 2. The first-order valence-corrected chi connectivity index (χ1v) is 7.61. The Morgan fingerprint density at radius 3 is 2.56 bits per heavy atom. The maximum absolute atomic E-state index is 12.2. The van der Waals surface area contributed by atoms with Crippen LogP contribution in [0.1, 0.15) is 21.6 Å². The van der Waals surface area contributed by atoms with Gasteiger partial charge in [0.15, 0.2) is 0 Å². The fraction of sp³-hybridized carbons (Fsp3) is 0.0526. The van der Waals surface area contributed by atoms with E-state index < -0.39 is 0 Å². The first kappa shape index (κ1) is 16.1. The van der Waals surface area contributed by atoms with E-state index in [9.17, 15) is 4.79 Å². The molecule has 122 valence electrons. The SMILES string of the molecule is Cc1cccc(Nc2cnc(C(=O)Nc3cccc(C#N)c3)cn2)c1. The minimum Gasteiger partial charge on any atom is -0.339 e.